The van der Waals surface area contributed by atoms with Crippen LogP contribution in [0.5, 0.6) is 0 Å². The summed E-state index contributed by atoms with van der Waals surface area (Å²) in [6.07, 6.45) is -1.19. The second-order valence-electron chi connectivity index (χ2n) is 8.67. The number of hydrogen-bond donors (Lipinski definition) is 7. The van der Waals surface area contributed by atoms with E-state index in [0.29, 0.717) is 6.42 Å². The smallest absolute Gasteiger partial charge is 0.326 e. The van der Waals surface area contributed by atoms with E-state index in [-0.39, 0.29) is 31.1 Å². The van der Waals surface area contributed by atoms with E-state index in [1.165, 1.54) is 6.92 Å². The second-order valence-corrected chi connectivity index (χ2v) is 8.67. The van der Waals surface area contributed by atoms with Gasteiger partial charge in [0.25, 0.3) is 0 Å². The molecule has 0 aliphatic heterocycles. The highest BCUT2D eigenvalue weighted by atomic mass is 16.4. The maximum Gasteiger partial charge on any atom is 0.326 e. The van der Waals surface area contributed by atoms with E-state index in [9.17, 15) is 34.2 Å². The van der Waals surface area contributed by atoms with Crippen LogP contribution in [0.15, 0.2) is 0 Å². The van der Waals surface area contributed by atoms with Crippen LogP contribution in [0.3, 0.4) is 0 Å². The van der Waals surface area contributed by atoms with Gasteiger partial charge in [-0.25, -0.2) is 4.79 Å². The highest BCUT2D eigenvalue weighted by Gasteiger charge is 2.34. The molecule has 0 fully saturated rings. The molecular weight excluding hydrogens is 436 g/mol. The molecule has 190 valence electrons. The average molecular weight is 475 g/mol. The summed E-state index contributed by atoms with van der Waals surface area (Å²) in [4.78, 5) is 60.1. The number of aliphatic hydroxyl groups is 1. The van der Waals surface area contributed by atoms with Crippen molar-refractivity contribution in [3.8, 4) is 0 Å². The number of carbonyl (C=O) groups is 5. The van der Waals surface area contributed by atoms with Gasteiger partial charge < -0.3 is 37.0 Å². The van der Waals surface area contributed by atoms with Crippen molar-refractivity contribution < 1.29 is 39.3 Å². The lowest BCUT2D eigenvalue weighted by Gasteiger charge is -2.29. The molecule has 0 saturated heterocycles. The van der Waals surface area contributed by atoms with Crippen molar-refractivity contribution in [2.75, 3.05) is 0 Å². The molecule has 0 bridgehead atoms. The van der Waals surface area contributed by atoms with Crippen LogP contribution in [-0.2, 0) is 24.0 Å². The lowest BCUT2D eigenvalue weighted by Crippen LogP contribution is -2.61. The molecule has 0 aromatic carbocycles. The Balaban J connectivity index is 5.45. The van der Waals surface area contributed by atoms with Crippen LogP contribution in [-0.4, -0.2) is 75.3 Å². The summed E-state index contributed by atoms with van der Waals surface area (Å²) in [5, 5.41) is 35.3. The number of carboxylic acid groups (broad SMARTS) is 2. The van der Waals surface area contributed by atoms with Gasteiger partial charge in [0.15, 0.2) is 0 Å². The molecule has 0 saturated carbocycles. The summed E-state index contributed by atoms with van der Waals surface area (Å²) in [5.74, 6) is -5.10. The van der Waals surface area contributed by atoms with Gasteiger partial charge in [-0.15, -0.1) is 0 Å². The van der Waals surface area contributed by atoms with Gasteiger partial charge in [0.2, 0.25) is 17.7 Å². The summed E-state index contributed by atoms with van der Waals surface area (Å²) in [6.45, 7) is 8.37. The van der Waals surface area contributed by atoms with Crippen LogP contribution in [0, 0.1) is 11.8 Å². The number of rotatable bonds is 15. The van der Waals surface area contributed by atoms with Gasteiger partial charge in [0.1, 0.15) is 18.1 Å². The van der Waals surface area contributed by atoms with Gasteiger partial charge in [-0.1, -0.05) is 34.1 Å². The molecule has 0 rings (SSSR count). The van der Waals surface area contributed by atoms with E-state index in [0.717, 1.165) is 0 Å². The van der Waals surface area contributed by atoms with E-state index >= 15 is 0 Å². The molecule has 6 atom stereocenters. The number of amides is 3. The SMILES string of the molecule is CCC(C)C(NC(=O)C(NC(=O)C(N)CCC(=O)O)C(C)O)C(=O)NC(CC(C)C)C(=O)O. The first-order valence-corrected chi connectivity index (χ1v) is 11.0. The molecule has 0 spiro atoms. The molecule has 0 aromatic rings. The van der Waals surface area contributed by atoms with Crippen molar-refractivity contribution >= 4 is 29.7 Å². The summed E-state index contributed by atoms with van der Waals surface area (Å²) in [6, 6.07) is -4.93. The zero-order chi connectivity index (χ0) is 25.9. The predicted octanol–water partition coefficient (Wildman–Crippen LogP) is -0.809. The third-order valence-corrected chi connectivity index (χ3v) is 5.18. The number of aliphatic carboxylic acids is 2. The molecule has 0 radical (unpaired) electrons. The lowest BCUT2D eigenvalue weighted by atomic mass is 9.96. The fourth-order valence-electron chi connectivity index (χ4n) is 2.97. The fraction of sp³-hybridized carbons (Fsp3) is 0.762. The molecule has 0 heterocycles. The first kappa shape index (κ1) is 30.3. The normalized spacial score (nSPS) is 16.6. The molecule has 3 amide bonds. The number of hydrogen-bond acceptors (Lipinski definition) is 7. The van der Waals surface area contributed by atoms with E-state index < -0.39 is 59.9 Å². The maximum absolute atomic E-state index is 12.8. The number of carboxylic acids is 2. The van der Waals surface area contributed by atoms with Crippen molar-refractivity contribution in [1.82, 2.24) is 16.0 Å². The molecular formula is C21H38N4O8. The number of aliphatic hydroxyl groups excluding tert-OH is 1. The summed E-state index contributed by atoms with van der Waals surface area (Å²) in [5.41, 5.74) is 5.65. The second kappa shape index (κ2) is 14.4. The van der Waals surface area contributed by atoms with Crippen molar-refractivity contribution in [1.29, 1.82) is 0 Å². The van der Waals surface area contributed by atoms with Gasteiger partial charge in [-0.2, -0.15) is 0 Å². The van der Waals surface area contributed by atoms with E-state index in [1.807, 2.05) is 13.8 Å². The Morgan fingerprint density at radius 3 is 1.79 bits per heavy atom. The standard InChI is InChI=1S/C21H38N4O8/c1-6-11(4)16(19(30)23-14(21(32)33)9-10(2)3)24-20(31)17(12(5)26)25-18(29)13(22)7-8-15(27)28/h10-14,16-17,26H,6-9,22H2,1-5H3,(H,23,30)(H,24,31)(H,25,29)(H,27,28)(H,32,33). The average Bonchev–Trinajstić information content (AvgIpc) is 2.71. The summed E-state index contributed by atoms with van der Waals surface area (Å²) >= 11 is 0. The van der Waals surface area contributed by atoms with Crippen LogP contribution in [0.2, 0.25) is 0 Å². The van der Waals surface area contributed by atoms with Gasteiger partial charge >= 0.3 is 11.9 Å². The minimum atomic E-state index is -1.46. The molecule has 0 aliphatic carbocycles. The molecule has 0 aromatic heterocycles. The third-order valence-electron chi connectivity index (χ3n) is 5.18. The number of carbonyl (C=O) groups excluding carboxylic acids is 3. The van der Waals surface area contributed by atoms with Crippen molar-refractivity contribution in [3.63, 3.8) is 0 Å². The van der Waals surface area contributed by atoms with Crippen LogP contribution < -0.4 is 21.7 Å². The highest BCUT2D eigenvalue weighted by Crippen LogP contribution is 2.11. The van der Waals surface area contributed by atoms with Crippen LogP contribution in [0.4, 0.5) is 0 Å². The van der Waals surface area contributed by atoms with Crippen molar-refractivity contribution in [2.24, 2.45) is 17.6 Å². The Kier molecular flexibility index (Phi) is 13.2. The quantitative estimate of drug-likeness (QED) is 0.158. The zero-order valence-corrected chi connectivity index (χ0v) is 19.8. The first-order chi connectivity index (χ1) is 15.2. The summed E-state index contributed by atoms with van der Waals surface area (Å²) < 4.78 is 0. The van der Waals surface area contributed by atoms with E-state index in [4.69, 9.17) is 10.8 Å². The molecule has 12 heteroatoms. The Bertz CT molecular complexity index is 698. The van der Waals surface area contributed by atoms with Crippen LogP contribution in [0.1, 0.15) is 60.3 Å². The zero-order valence-electron chi connectivity index (χ0n) is 19.8. The molecule has 0 aliphatic rings. The van der Waals surface area contributed by atoms with Crippen molar-refractivity contribution in [2.45, 2.75) is 90.6 Å². The molecule has 12 nitrogen and oxygen atoms in total. The Labute approximate surface area is 193 Å². The Morgan fingerprint density at radius 1 is 0.848 bits per heavy atom. The fourth-order valence-corrected chi connectivity index (χ4v) is 2.97. The molecule has 8 N–H and O–H groups in total. The molecule has 6 unspecified atom stereocenters. The predicted molar refractivity (Wildman–Crippen MR) is 119 cm³/mol. The largest absolute Gasteiger partial charge is 0.481 e. The van der Waals surface area contributed by atoms with Crippen LogP contribution in [0.25, 0.3) is 0 Å². The van der Waals surface area contributed by atoms with E-state index in [2.05, 4.69) is 16.0 Å². The maximum atomic E-state index is 12.8. The minimum Gasteiger partial charge on any atom is -0.481 e. The number of nitrogens with two attached hydrogens (primary N) is 1. The monoisotopic (exact) mass is 474 g/mol. The lowest BCUT2D eigenvalue weighted by molar-refractivity contribution is -0.143. The van der Waals surface area contributed by atoms with Gasteiger partial charge in [0, 0.05) is 6.42 Å². The van der Waals surface area contributed by atoms with Crippen molar-refractivity contribution in [3.05, 3.63) is 0 Å². The highest BCUT2D eigenvalue weighted by molar-refractivity contribution is 5.94. The van der Waals surface area contributed by atoms with Gasteiger partial charge in [-0.3, -0.25) is 19.2 Å². The minimum absolute atomic E-state index is 0.00297. The number of nitrogens with one attached hydrogen (secondary N) is 3. The molecule has 33 heavy (non-hydrogen) atoms. The Morgan fingerprint density at radius 2 is 1.36 bits per heavy atom. The third kappa shape index (κ3) is 11.1. The first-order valence-electron chi connectivity index (χ1n) is 11.0. The Hall–Kier alpha value is -2.73. The van der Waals surface area contributed by atoms with Gasteiger partial charge in [0.05, 0.1) is 12.1 Å². The van der Waals surface area contributed by atoms with Gasteiger partial charge in [-0.05, 0) is 31.6 Å². The van der Waals surface area contributed by atoms with Crippen LogP contribution >= 0.6 is 0 Å². The summed E-state index contributed by atoms with van der Waals surface area (Å²) in [7, 11) is 0. The van der Waals surface area contributed by atoms with E-state index in [1.54, 1.807) is 13.8 Å². The topological polar surface area (TPSA) is 208 Å².